The van der Waals surface area contributed by atoms with Crippen molar-refractivity contribution >= 4 is 38.6 Å². The number of hydrogen-bond donors (Lipinski definition) is 3. The van der Waals surface area contributed by atoms with Gasteiger partial charge in [0.1, 0.15) is 17.3 Å². The van der Waals surface area contributed by atoms with E-state index in [-0.39, 0.29) is 39.8 Å². The first-order valence-electron chi connectivity index (χ1n) is 11.4. The lowest BCUT2D eigenvalue weighted by Crippen LogP contribution is -2.35. The number of methoxy groups -OCH3 is 1. The molecule has 0 saturated carbocycles. The summed E-state index contributed by atoms with van der Waals surface area (Å²) in [5, 5.41) is 14.1. The second-order valence-electron chi connectivity index (χ2n) is 8.39. The molecule has 4 rings (SSSR count). The van der Waals surface area contributed by atoms with Crippen LogP contribution in [0.3, 0.4) is 0 Å². The van der Waals surface area contributed by atoms with E-state index in [0.29, 0.717) is 22.8 Å². The summed E-state index contributed by atoms with van der Waals surface area (Å²) in [6.45, 7) is 1.81. The van der Waals surface area contributed by atoms with Crippen molar-refractivity contribution in [1.29, 1.82) is 0 Å². The molecule has 1 fully saturated rings. The van der Waals surface area contributed by atoms with Crippen molar-refractivity contribution in [3.05, 3.63) is 42.1 Å². The second-order valence-corrected chi connectivity index (χ2v) is 11.5. The summed E-state index contributed by atoms with van der Waals surface area (Å²) in [6, 6.07) is 9.64. The van der Waals surface area contributed by atoms with Crippen LogP contribution in [0.25, 0.3) is 5.52 Å². The lowest BCUT2D eigenvalue weighted by molar-refractivity contribution is -0.0327. The molecule has 0 amide bonds. The molecule has 13 heteroatoms. The molecule has 1 aliphatic rings. The van der Waals surface area contributed by atoms with Crippen LogP contribution in [0.2, 0.25) is 0 Å². The zero-order chi connectivity index (χ0) is 26.6. The summed E-state index contributed by atoms with van der Waals surface area (Å²) >= 11 is -0.238. The van der Waals surface area contributed by atoms with Crippen LogP contribution in [0.1, 0.15) is 18.5 Å². The number of nitrogens with one attached hydrogen (secondary N) is 3. The van der Waals surface area contributed by atoms with Crippen LogP contribution in [0.4, 0.5) is 24.7 Å². The molecular weight excluding hydrogens is 527 g/mol. The summed E-state index contributed by atoms with van der Waals surface area (Å²) in [5.74, 6) is 6.49. The van der Waals surface area contributed by atoms with E-state index in [1.807, 2.05) is 0 Å². The van der Waals surface area contributed by atoms with Crippen molar-refractivity contribution in [1.82, 2.24) is 14.9 Å². The van der Waals surface area contributed by atoms with Crippen molar-refractivity contribution in [2.45, 2.75) is 34.2 Å². The molecule has 8 nitrogen and oxygen atoms in total. The minimum absolute atomic E-state index is 0.0167. The number of fused-ring (bicyclic) bond motifs is 1. The highest BCUT2D eigenvalue weighted by Gasteiger charge is 2.33. The van der Waals surface area contributed by atoms with E-state index >= 15 is 0 Å². The largest absolute Gasteiger partial charge is 0.495 e. The fraction of sp³-hybridized carbons (Fsp3) is 0.375. The van der Waals surface area contributed by atoms with Gasteiger partial charge >= 0.3 is 5.51 Å². The van der Waals surface area contributed by atoms with Gasteiger partial charge in [-0.3, -0.25) is 0 Å². The van der Waals surface area contributed by atoms with Gasteiger partial charge in [-0.05, 0) is 67.9 Å². The number of halogens is 3. The monoisotopic (exact) mass is 553 g/mol. The maximum absolute atomic E-state index is 13.4. The number of pyridine rings is 1. The first-order chi connectivity index (χ1) is 17.5. The van der Waals surface area contributed by atoms with Crippen molar-refractivity contribution in [2.75, 3.05) is 43.6 Å². The summed E-state index contributed by atoms with van der Waals surface area (Å²) in [7, 11) is -2.00. The van der Waals surface area contributed by atoms with Crippen LogP contribution in [-0.2, 0) is 9.84 Å². The first kappa shape index (κ1) is 27.0. The number of rotatable bonds is 7. The molecule has 3 N–H and O–H groups in total. The van der Waals surface area contributed by atoms with Gasteiger partial charge in [0.15, 0.2) is 9.84 Å². The highest BCUT2D eigenvalue weighted by atomic mass is 32.2. The average Bonchev–Trinajstić information content (AvgIpc) is 3.18. The lowest BCUT2D eigenvalue weighted by Gasteiger charge is -2.24. The van der Waals surface area contributed by atoms with Crippen LogP contribution < -0.4 is 20.7 Å². The van der Waals surface area contributed by atoms with Gasteiger partial charge < -0.3 is 20.7 Å². The van der Waals surface area contributed by atoms with E-state index in [1.54, 1.807) is 24.3 Å². The summed E-state index contributed by atoms with van der Waals surface area (Å²) in [5.41, 5.74) is -3.68. The Morgan fingerprint density at radius 3 is 2.68 bits per heavy atom. The highest BCUT2D eigenvalue weighted by Crippen LogP contribution is 2.41. The van der Waals surface area contributed by atoms with Gasteiger partial charge in [-0.2, -0.15) is 18.3 Å². The third-order valence-electron chi connectivity index (χ3n) is 5.70. The number of hydrogen-bond acceptors (Lipinski definition) is 8. The Morgan fingerprint density at radius 1 is 1.24 bits per heavy atom. The minimum Gasteiger partial charge on any atom is -0.495 e. The molecule has 3 aromatic rings. The fourth-order valence-corrected chi connectivity index (χ4v) is 5.26. The molecule has 0 aliphatic carbocycles. The molecule has 1 saturated heterocycles. The SMILES string of the molecule is COc1cc(S(C)(=O)=O)ccc1NCC#Cc1nn2c(NC3CCNCC3)cccc2c1SC(F)(F)F. The van der Waals surface area contributed by atoms with Crippen molar-refractivity contribution in [3.8, 4) is 17.6 Å². The number of nitrogens with zero attached hydrogens (tertiary/aromatic N) is 2. The molecule has 2 aromatic heterocycles. The number of ether oxygens (including phenoxy) is 1. The van der Waals surface area contributed by atoms with Crippen molar-refractivity contribution in [2.24, 2.45) is 0 Å². The molecule has 0 spiro atoms. The van der Waals surface area contributed by atoms with Gasteiger partial charge in [0.25, 0.3) is 0 Å². The maximum atomic E-state index is 13.4. The number of sulfone groups is 1. The van der Waals surface area contributed by atoms with Gasteiger partial charge in [0, 0.05) is 18.4 Å². The van der Waals surface area contributed by atoms with Crippen LogP contribution in [-0.4, -0.2) is 62.6 Å². The normalized spacial score (nSPS) is 14.7. The predicted molar refractivity (Wildman–Crippen MR) is 138 cm³/mol. The summed E-state index contributed by atoms with van der Waals surface area (Å²) in [6.07, 6.45) is 2.89. The Kier molecular flexibility index (Phi) is 8.11. The molecule has 0 unspecified atom stereocenters. The van der Waals surface area contributed by atoms with Crippen LogP contribution >= 0.6 is 11.8 Å². The molecule has 1 aliphatic heterocycles. The van der Waals surface area contributed by atoms with Crippen molar-refractivity contribution in [3.63, 3.8) is 0 Å². The Labute approximate surface area is 217 Å². The summed E-state index contributed by atoms with van der Waals surface area (Å²) in [4.78, 5) is 0.0393. The van der Waals surface area contributed by atoms with Crippen molar-refractivity contribution < 1.29 is 26.3 Å². The quantitative estimate of drug-likeness (QED) is 0.299. The van der Waals surface area contributed by atoms with E-state index in [4.69, 9.17) is 4.74 Å². The first-order valence-corrected chi connectivity index (χ1v) is 14.1. The number of piperidine rings is 1. The number of benzene rings is 1. The van der Waals surface area contributed by atoms with E-state index < -0.39 is 15.3 Å². The van der Waals surface area contributed by atoms with Crippen LogP contribution in [0, 0.1) is 11.8 Å². The molecule has 37 heavy (non-hydrogen) atoms. The lowest BCUT2D eigenvalue weighted by atomic mass is 10.1. The van der Waals surface area contributed by atoms with E-state index in [2.05, 4.69) is 32.9 Å². The zero-order valence-electron chi connectivity index (χ0n) is 20.1. The summed E-state index contributed by atoms with van der Waals surface area (Å²) < 4.78 is 70.5. The Bertz CT molecular complexity index is 1440. The fourth-order valence-electron chi connectivity index (χ4n) is 3.95. The smallest absolute Gasteiger partial charge is 0.446 e. The average molecular weight is 554 g/mol. The number of thioether (sulfide) groups is 1. The third-order valence-corrected chi connectivity index (χ3v) is 7.64. The Balaban J connectivity index is 1.60. The zero-order valence-corrected chi connectivity index (χ0v) is 21.8. The molecule has 1 aromatic carbocycles. The van der Waals surface area contributed by atoms with Gasteiger partial charge in [0.05, 0.1) is 34.6 Å². The minimum atomic E-state index is -4.51. The molecule has 3 heterocycles. The van der Waals surface area contributed by atoms with Gasteiger partial charge in [-0.25, -0.2) is 12.9 Å². The third kappa shape index (κ3) is 6.82. The number of alkyl halides is 3. The molecular formula is C24H26F3N5O3S2. The number of aromatic nitrogens is 2. The second kappa shape index (κ2) is 11.1. The van der Waals surface area contributed by atoms with E-state index in [9.17, 15) is 21.6 Å². The standard InChI is InChI=1S/C24H26F3N5O3S2/c1-35-21-15-17(37(2,33)34)8-9-18(21)29-12-4-5-19-23(36-24(25,26)27)20-6-3-7-22(32(20)31-19)30-16-10-13-28-14-11-16/h3,6-9,15-16,28-30H,10-14H2,1-2H3. The highest BCUT2D eigenvalue weighted by molar-refractivity contribution is 8.00. The van der Waals surface area contributed by atoms with Gasteiger partial charge in [0.2, 0.25) is 0 Å². The molecule has 198 valence electrons. The van der Waals surface area contributed by atoms with Gasteiger partial charge in [-0.15, -0.1) is 0 Å². The van der Waals surface area contributed by atoms with Gasteiger partial charge in [-0.1, -0.05) is 12.0 Å². The predicted octanol–water partition coefficient (Wildman–Crippen LogP) is 3.99. The number of anilines is 2. The maximum Gasteiger partial charge on any atom is 0.446 e. The van der Waals surface area contributed by atoms with E-state index in [0.717, 1.165) is 32.2 Å². The Morgan fingerprint density at radius 2 is 2.00 bits per heavy atom. The molecule has 0 radical (unpaired) electrons. The molecule has 0 bridgehead atoms. The van der Waals surface area contributed by atoms with Crippen LogP contribution in [0.5, 0.6) is 5.75 Å². The Hall–Kier alpha value is -3.08. The topological polar surface area (TPSA) is 96.8 Å². The van der Waals surface area contributed by atoms with Crippen LogP contribution in [0.15, 0.2) is 46.2 Å². The molecule has 0 atom stereocenters. The van der Waals surface area contributed by atoms with E-state index in [1.165, 1.54) is 23.8 Å².